The highest BCUT2D eigenvalue weighted by Gasteiger charge is 2.14. The fraction of sp³-hybridized carbons (Fsp3) is 0.214. The van der Waals surface area contributed by atoms with Crippen molar-refractivity contribution in [2.45, 2.75) is 19.9 Å². The van der Waals surface area contributed by atoms with Gasteiger partial charge in [-0.2, -0.15) is 11.3 Å². The third kappa shape index (κ3) is 2.92. The number of benzene rings is 1. The maximum atomic E-state index is 12.2. The van der Waals surface area contributed by atoms with Gasteiger partial charge in [-0.15, -0.1) is 0 Å². The first-order valence-corrected chi connectivity index (χ1v) is 7.70. The second-order valence-corrected chi connectivity index (χ2v) is 6.05. The second kappa shape index (κ2) is 5.84. The third-order valence-corrected chi connectivity index (χ3v) is 4.96. The van der Waals surface area contributed by atoms with Crippen LogP contribution in [0.5, 0.6) is 0 Å². The molecule has 2 rings (SSSR count). The molecule has 1 heterocycles. The lowest BCUT2D eigenvalue weighted by atomic mass is 10.1. The van der Waals surface area contributed by atoms with Gasteiger partial charge in [-0.1, -0.05) is 12.1 Å². The number of nitrogens with one attached hydrogen (secondary N) is 1. The van der Waals surface area contributed by atoms with E-state index in [1.807, 2.05) is 43.5 Å². The summed E-state index contributed by atoms with van der Waals surface area (Å²) in [5, 5.41) is 7.11. The topological polar surface area (TPSA) is 29.1 Å². The van der Waals surface area contributed by atoms with Crippen molar-refractivity contribution in [3.8, 4) is 0 Å². The minimum Gasteiger partial charge on any atom is -0.345 e. The van der Waals surface area contributed by atoms with E-state index in [1.54, 1.807) is 11.3 Å². The fourth-order valence-corrected chi connectivity index (χ4v) is 3.06. The summed E-state index contributed by atoms with van der Waals surface area (Å²) in [6.07, 6.45) is 0. The molecular formula is C14H14INOS. The van der Waals surface area contributed by atoms with Gasteiger partial charge in [0.25, 0.3) is 5.91 Å². The second-order valence-electron chi connectivity index (χ2n) is 4.19. The highest BCUT2D eigenvalue weighted by atomic mass is 127. The Morgan fingerprint density at radius 1 is 1.39 bits per heavy atom. The molecule has 94 valence electrons. The van der Waals surface area contributed by atoms with Gasteiger partial charge in [0.05, 0.1) is 11.6 Å². The van der Waals surface area contributed by atoms with Crippen LogP contribution in [-0.2, 0) is 0 Å². The van der Waals surface area contributed by atoms with Gasteiger partial charge in [-0.05, 0) is 70.5 Å². The van der Waals surface area contributed by atoms with Crippen molar-refractivity contribution < 1.29 is 4.79 Å². The molecule has 1 N–H and O–H groups in total. The van der Waals surface area contributed by atoms with E-state index in [0.29, 0.717) is 0 Å². The van der Waals surface area contributed by atoms with E-state index in [2.05, 4.69) is 33.3 Å². The molecule has 0 bridgehead atoms. The minimum absolute atomic E-state index is 0.0122. The molecule has 0 aliphatic rings. The van der Waals surface area contributed by atoms with E-state index in [1.165, 1.54) is 0 Å². The van der Waals surface area contributed by atoms with Crippen LogP contribution in [0.15, 0.2) is 35.0 Å². The summed E-state index contributed by atoms with van der Waals surface area (Å²) >= 11 is 3.87. The van der Waals surface area contributed by atoms with Gasteiger partial charge in [-0.3, -0.25) is 4.79 Å². The Bertz CT molecular complexity index is 551. The molecule has 1 unspecified atom stereocenters. The van der Waals surface area contributed by atoms with Crippen LogP contribution in [0.3, 0.4) is 0 Å². The number of carbonyl (C=O) groups is 1. The van der Waals surface area contributed by atoms with Gasteiger partial charge >= 0.3 is 0 Å². The molecule has 18 heavy (non-hydrogen) atoms. The molecule has 0 saturated carbocycles. The molecule has 0 radical (unpaired) electrons. The van der Waals surface area contributed by atoms with Crippen molar-refractivity contribution in [2.24, 2.45) is 0 Å². The Balaban J connectivity index is 2.15. The fourth-order valence-electron chi connectivity index (χ4n) is 1.70. The molecule has 0 aliphatic heterocycles. The maximum absolute atomic E-state index is 12.2. The number of rotatable bonds is 3. The van der Waals surface area contributed by atoms with E-state index in [9.17, 15) is 4.79 Å². The van der Waals surface area contributed by atoms with Crippen molar-refractivity contribution in [3.05, 3.63) is 55.3 Å². The summed E-state index contributed by atoms with van der Waals surface area (Å²) in [7, 11) is 0. The predicted molar refractivity (Wildman–Crippen MR) is 84.1 cm³/mol. The van der Waals surface area contributed by atoms with E-state index < -0.39 is 0 Å². The summed E-state index contributed by atoms with van der Waals surface area (Å²) in [5.41, 5.74) is 3.03. The lowest BCUT2D eigenvalue weighted by molar-refractivity contribution is 0.0939. The van der Waals surface area contributed by atoms with Crippen molar-refractivity contribution in [2.75, 3.05) is 0 Å². The van der Waals surface area contributed by atoms with Crippen molar-refractivity contribution in [1.82, 2.24) is 5.32 Å². The zero-order chi connectivity index (χ0) is 13.1. The Hall–Kier alpha value is -0.880. The number of hydrogen-bond donors (Lipinski definition) is 1. The van der Waals surface area contributed by atoms with Gasteiger partial charge in [-0.25, -0.2) is 0 Å². The molecular weight excluding hydrogens is 357 g/mol. The van der Waals surface area contributed by atoms with Crippen molar-refractivity contribution in [3.63, 3.8) is 0 Å². The van der Waals surface area contributed by atoms with Crippen molar-refractivity contribution >= 4 is 39.8 Å². The Kier molecular flexibility index (Phi) is 4.40. The number of hydrogen-bond acceptors (Lipinski definition) is 2. The van der Waals surface area contributed by atoms with Crippen LogP contribution in [0.4, 0.5) is 0 Å². The predicted octanol–water partition coefficient (Wildman–Crippen LogP) is 4.15. The SMILES string of the molecule is Cc1cccc(C(=O)NC(C)c2ccsc2)c1I. The van der Waals surface area contributed by atoms with Crippen LogP contribution in [0.2, 0.25) is 0 Å². The highest BCUT2D eigenvalue weighted by molar-refractivity contribution is 14.1. The quantitative estimate of drug-likeness (QED) is 0.807. The number of amides is 1. The molecule has 2 nitrogen and oxygen atoms in total. The van der Waals surface area contributed by atoms with Crippen LogP contribution in [0.25, 0.3) is 0 Å². The molecule has 1 amide bonds. The molecule has 1 aromatic heterocycles. The highest BCUT2D eigenvalue weighted by Crippen LogP contribution is 2.19. The zero-order valence-electron chi connectivity index (χ0n) is 10.2. The monoisotopic (exact) mass is 371 g/mol. The van der Waals surface area contributed by atoms with E-state index in [0.717, 1.165) is 20.3 Å². The van der Waals surface area contributed by atoms with Gasteiger partial charge in [0.15, 0.2) is 0 Å². The van der Waals surface area contributed by atoms with E-state index in [4.69, 9.17) is 0 Å². The lowest BCUT2D eigenvalue weighted by Crippen LogP contribution is -2.27. The summed E-state index contributed by atoms with van der Waals surface area (Å²) in [6, 6.07) is 7.88. The zero-order valence-corrected chi connectivity index (χ0v) is 13.2. The summed E-state index contributed by atoms with van der Waals surface area (Å²) in [5.74, 6) is -0.0122. The molecule has 4 heteroatoms. The normalized spacial score (nSPS) is 12.2. The number of halogens is 1. The van der Waals surface area contributed by atoms with Gasteiger partial charge in [0.2, 0.25) is 0 Å². The van der Waals surface area contributed by atoms with Gasteiger partial charge < -0.3 is 5.32 Å². The minimum atomic E-state index is -0.0122. The first kappa shape index (κ1) is 13.5. The molecule has 2 aromatic rings. The molecule has 0 spiro atoms. The lowest BCUT2D eigenvalue weighted by Gasteiger charge is -2.14. The Labute approximate surface area is 125 Å². The number of aryl methyl sites for hydroxylation is 1. The number of carbonyl (C=O) groups excluding carboxylic acids is 1. The standard InChI is InChI=1S/C14H14INOS/c1-9-4-3-5-12(13(9)15)14(17)16-10(2)11-6-7-18-8-11/h3-8,10H,1-2H3,(H,16,17). The smallest absolute Gasteiger partial charge is 0.252 e. The molecule has 0 saturated heterocycles. The van der Waals surface area contributed by atoms with E-state index in [-0.39, 0.29) is 11.9 Å². The maximum Gasteiger partial charge on any atom is 0.252 e. The van der Waals surface area contributed by atoms with Crippen molar-refractivity contribution in [1.29, 1.82) is 0 Å². The first-order chi connectivity index (χ1) is 8.59. The number of thiophene rings is 1. The van der Waals surface area contributed by atoms with Gasteiger partial charge in [0.1, 0.15) is 0 Å². The van der Waals surface area contributed by atoms with Crippen LogP contribution < -0.4 is 5.32 Å². The summed E-state index contributed by atoms with van der Waals surface area (Å²) in [6.45, 7) is 4.02. The summed E-state index contributed by atoms with van der Waals surface area (Å²) < 4.78 is 1.02. The van der Waals surface area contributed by atoms with E-state index >= 15 is 0 Å². The average Bonchev–Trinajstić information content (AvgIpc) is 2.86. The third-order valence-electron chi connectivity index (χ3n) is 2.83. The van der Waals surface area contributed by atoms with Crippen LogP contribution in [0.1, 0.15) is 34.5 Å². The first-order valence-electron chi connectivity index (χ1n) is 5.67. The average molecular weight is 371 g/mol. The van der Waals surface area contributed by atoms with Crippen LogP contribution in [0, 0.1) is 10.5 Å². The van der Waals surface area contributed by atoms with Crippen LogP contribution >= 0.6 is 33.9 Å². The Morgan fingerprint density at radius 3 is 2.83 bits per heavy atom. The molecule has 1 aromatic carbocycles. The van der Waals surface area contributed by atoms with Gasteiger partial charge in [0, 0.05) is 3.57 Å². The molecule has 0 aliphatic carbocycles. The Morgan fingerprint density at radius 2 is 2.17 bits per heavy atom. The molecule has 1 atom stereocenters. The molecule has 0 fully saturated rings. The summed E-state index contributed by atoms with van der Waals surface area (Å²) in [4.78, 5) is 12.2. The van der Waals surface area contributed by atoms with Crippen LogP contribution in [-0.4, -0.2) is 5.91 Å². The largest absolute Gasteiger partial charge is 0.345 e.